The SMILES string of the molecule is CCN(C)CCNc1ccnc(C(=O)NC)c1. The van der Waals surface area contributed by atoms with Crippen molar-refractivity contribution in [2.45, 2.75) is 6.92 Å². The summed E-state index contributed by atoms with van der Waals surface area (Å²) >= 11 is 0. The number of nitrogens with zero attached hydrogens (tertiary/aromatic N) is 2. The van der Waals surface area contributed by atoms with Crippen molar-refractivity contribution >= 4 is 11.6 Å². The van der Waals surface area contributed by atoms with E-state index in [1.165, 1.54) is 0 Å². The third-order valence-electron chi connectivity index (χ3n) is 2.58. The molecule has 5 heteroatoms. The molecule has 0 radical (unpaired) electrons. The van der Waals surface area contributed by atoms with E-state index < -0.39 is 0 Å². The fourth-order valence-corrected chi connectivity index (χ4v) is 1.34. The van der Waals surface area contributed by atoms with Gasteiger partial charge in [-0.2, -0.15) is 0 Å². The van der Waals surface area contributed by atoms with Crippen molar-refractivity contribution in [3.63, 3.8) is 0 Å². The zero-order valence-electron chi connectivity index (χ0n) is 10.7. The molecule has 17 heavy (non-hydrogen) atoms. The second-order valence-electron chi connectivity index (χ2n) is 3.83. The average molecular weight is 236 g/mol. The van der Waals surface area contributed by atoms with Crippen molar-refractivity contribution in [1.29, 1.82) is 0 Å². The molecule has 2 N–H and O–H groups in total. The third-order valence-corrected chi connectivity index (χ3v) is 2.58. The van der Waals surface area contributed by atoms with E-state index in [9.17, 15) is 4.79 Å². The highest BCUT2D eigenvalue weighted by atomic mass is 16.1. The number of aromatic nitrogens is 1. The molecule has 0 spiro atoms. The summed E-state index contributed by atoms with van der Waals surface area (Å²) in [6, 6.07) is 3.61. The summed E-state index contributed by atoms with van der Waals surface area (Å²) in [6.07, 6.45) is 1.64. The summed E-state index contributed by atoms with van der Waals surface area (Å²) in [6.45, 7) is 4.97. The van der Waals surface area contributed by atoms with Crippen LogP contribution in [0.4, 0.5) is 5.69 Å². The monoisotopic (exact) mass is 236 g/mol. The topological polar surface area (TPSA) is 57.3 Å². The van der Waals surface area contributed by atoms with E-state index in [0.717, 1.165) is 25.3 Å². The highest BCUT2D eigenvalue weighted by molar-refractivity contribution is 5.92. The molecule has 0 aromatic carbocycles. The molecule has 0 aliphatic rings. The molecule has 1 heterocycles. The first-order valence-electron chi connectivity index (χ1n) is 5.78. The summed E-state index contributed by atoms with van der Waals surface area (Å²) in [5, 5.41) is 5.82. The van der Waals surface area contributed by atoms with Crippen molar-refractivity contribution in [1.82, 2.24) is 15.2 Å². The van der Waals surface area contributed by atoms with Gasteiger partial charge in [-0.3, -0.25) is 9.78 Å². The van der Waals surface area contributed by atoms with E-state index in [1.807, 2.05) is 6.07 Å². The normalized spacial score (nSPS) is 10.4. The van der Waals surface area contributed by atoms with E-state index >= 15 is 0 Å². The second-order valence-corrected chi connectivity index (χ2v) is 3.83. The molecule has 0 bridgehead atoms. The number of likely N-dealkylation sites (N-methyl/N-ethyl adjacent to an activating group) is 1. The molecule has 0 saturated heterocycles. The Morgan fingerprint density at radius 2 is 2.29 bits per heavy atom. The second kappa shape index (κ2) is 6.85. The minimum atomic E-state index is -0.167. The number of hydrogen-bond donors (Lipinski definition) is 2. The summed E-state index contributed by atoms with van der Waals surface area (Å²) in [7, 11) is 3.67. The van der Waals surface area contributed by atoms with Gasteiger partial charge in [0.25, 0.3) is 5.91 Å². The fourth-order valence-electron chi connectivity index (χ4n) is 1.34. The standard InChI is InChI=1S/C12H20N4O/c1-4-16(3)8-7-14-10-5-6-15-11(9-10)12(17)13-2/h5-6,9H,4,7-8H2,1-3H3,(H,13,17)(H,14,15). The van der Waals surface area contributed by atoms with Crippen LogP contribution in [0, 0.1) is 0 Å². The maximum Gasteiger partial charge on any atom is 0.269 e. The molecule has 0 unspecified atom stereocenters. The van der Waals surface area contributed by atoms with E-state index in [2.05, 4.69) is 34.5 Å². The van der Waals surface area contributed by atoms with E-state index in [1.54, 1.807) is 19.3 Å². The van der Waals surface area contributed by atoms with Crippen LogP contribution in [0.15, 0.2) is 18.3 Å². The van der Waals surface area contributed by atoms with Crippen molar-refractivity contribution in [3.8, 4) is 0 Å². The molecular weight excluding hydrogens is 216 g/mol. The van der Waals surface area contributed by atoms with Gasteiger partial charge in [0.15, 0.2) is 0 Å². The van der Waals surface area contributed by atoms with Gasteiger partial charge >= 0.3 is 0 Å². The lowest BCUT2D eigenvalue weighted by atomic mass is 10.3. The highest BCUT2D eigenvalue weighted by Crippen LogP contribution is 2.07. The molecule has 0 aliphatic carbocycles. The van der Waals surface area contributed by atoms with Crippen LogP contribution in [-0.2, 0) is 0 Å². The van der Waals surface area contributed by atoms with Gasteiger partial charge in [-0.1, -0.05) is 6.92 Å². The van der Waals surface area contributed by atoms with Crippen LogP contribution in [0.1, 0.15) is 17.4 Å². The van der Waals surface area contributed by atoms with Gasteiger partial charge in [-0.05, 0) is 25.7 Å². The Morgan fingerprint density at radius 3 is 2.94 bits per heavy atom. The number of pyridine rings is 1. The number of anilines is 1. The quantitative estimate of drug-likeness (QED) is 0.767. The smallest absolute Gasteiger partial charge is 0.269 e. The van der Waals surface area contributed by atoms with Crippen LogP contribution >= 0.6 is 0 Å². The van der Waals surface area contributed by atoms with Crippen LogP contribution in [0.3, 0.4) is 0 Å². The van der Waals surface area contributed by atoms with Gasteiger partial charge in [0.2, 0.25) is 0 Å². The molecular formula is C12H20N4O. The highest BCUT2D eigenvalue weighted by Gasteiger charge is 2.04. The van der Waals surface area contributed by atoms with E-state index in [0.29, 0.717) is 5.69 Å². The first-order chi connectivity index (χ1) is 8.17. The predicted octanol–water partition coefficient (Wildman–Crippen LogP) is 0.805. The molecule has 1 aromatic heterocycles. The van der Waals surface area contributed by atoms with Gasteiger partial charge in [0, 0.05) is 32.0 Å². The largest absolute Gasteiger partial charge is 0.384 e. The van der Waals surface area contributed by atoms with Gasteiger partial charge in [-0.15, -0.1) is 0 Å². The third kappa shape index (κ3) is 4.40. The molecule has 0 atom stereocenters. The van der Waals surface area contributed by atoms with E-state index in [-0.39, 0.29) is 5.91 Å². The van der Waals surface area contributed by atoms with E-state index in [4.69, 9.17) is 0 Å². The summed E-state index contributed by atoms with van der Waals surface area (Å²) < 4.78 is 0. The van der Waals surface area contributed by atoms with Crippen molar-refractivity contribution in [2.24, 2.45) is 0 Å². The number of carbonyl (C=O) groups excluding carboxylic acids is 1. The lowest BCUT2D eigenvalue weighted by molar-refractivity contribution is 0.0958. The number of hydrogen-bond acceptors (Lipinski definition) is 4. The fraction of sp³-hybridized carbons (Fsp3) is 0.500. The van der Waals surface area contributed by atoms with Crippen LogP contribution in [0.2, 0.25) is 0 Å². The zero-order valence-corrected chi connectivity index (χ0v) is 10.7. The van der Waals surface area contributed by atoms with Crippen LogP contribution in [0.5, 0.6) is 0 Å². The Bertz CT molecular complexity index is 367. The molecule has 1 amide bonds. The summed E-state index contributed by atoms with van der Waals surface area (Å²) in [5.41, 5.74) is 1.35. The van der Waals surface area contributed by atoms with Crippen molar-refractivity contribution in [3.05, 3.63) is 24.0 Å². The average Bonchev–Trinajstić information content (AvgIpc) is 2.38. The van der Waals surface area contributed by atoms with Crippen molar-refractivity contribution in [2.75, 3.05) is 39.0 Å². The first kappa shape index (κ1) is 13.4. The zero-order chi connectivity index (χ0) is 12.7. The number of carbonyl (C=O) groups is 1. The van der Waals surface area contributed by atoms with Gasteiger partial charge in [0.1, 0.15) is 5.69 Å². The lowest BCUT2D eigenvalue weighted by Gasteiger charge is -2.14. The molecule has 1 aromatic rings. The Hall–Kier alpha value is -1.62. The van der Waals surface area contributed by atoms with Crippen LogP contribution in [0.25, 0.3) is 0 Å². The molecule has 0 fully saturated rings. The number of rotatable bonds is 6. The summed E-state index contributed by atoms with van der Waals surface area (Å²) in [5.74, 6) is -0.167. The lowest BCUT2D eigenvalue weighted by Crippen LogP contribution is -2.25. The van der Waals surface area contributed by atoms with Gasteiger partial charge in [-0.25, -0.2) is 0 Å². The van der Waals surface area contributed by atoms with Crippen LogP contribution < -0.4 is 10.6 Å². The summed E-state index contributed by atoms with van der Waals surface area (Å²) in [4.78, 5) is 17.6. The minimum absolute atomic E-state index is 0.167. The predicted molar refractivity (Wildman–Crippen MR) is 69.3 cm³/mol. The number of nitrogens with one attached hydrogen (secondary N) is 2. The Morgan fingerprint density at radius 1 is 1.53 bits per heavy atom. The Labute approximate surface area is 102 Å². The molecule has 1 rings (SSSR count). The maximum atomic E-state index is 11.4. The van der Waals surface area contributed by atoms with Gasteiger partial charge < -0.3 is 15.5 Å². The molecule has 0 saturated carbocycles. The van der Waals surface area contributed by atoms with Crippen LogP contribution in [-0.4, -0.2) is 49.5 Å². The first-order valence-corrected chi connectivity index (χ1v) is 5.78. The van der Waals surface area contributed by atoms with Crippen molar-refractivity contribution < 1.29 is 4.79 Å². The minimum Gasteiger partial charge on any atom is -0.384 e. The maximum absolute atomic E-state index is 11.4. The number of amides is 1. The molecule has 5 nitrogen and oxygen atoms in total. The Balaban J connectivity index is 2.51. The molecule has 0 aliphatic heterocycles. The molecule has 94 valence electrons. The Kier molecular flexibility index (Phi) is 5.42. The van der Waals surface area contributed by atoms with Gasteiger partial charge in [0.05, 0.1) is 0 Å².